The van der Waals surface area contributed by atoms with E-state index in [0.717, 1.165) is 33.7 Å². The molecule has 12 rings (SSSR count). The summed E-state index contributed by atoms with van der Waals surface area (Å²) in [6, 6.07) is 50.6. The second kappa shape index (κ2) is 9.09. The molecule has 0 spiro atoms. The van der Waals surface area contributed by atoms with Crippen molar-refractivity contribution in [3.05, 3.63) is 152 Å². The van der Waals surface area contributed by atoms with Gasteiger partial charge >= 0.3 is 0 Å². The van der Waals surface area contributed by atoms with E-state index in [1.54, 1.807) is 0 Å². The summed E-state index contributed by atoms with van der Waals surface area (Å²) in [5.41, 5.74) is 14.9. The maximum atomic E-state index is 6.86. The van der Waals surface area contributed by atoms with Crippen LogP contribution < -0.4 is 21.5 Å². The molecule has 0 fully saturated rings. The van der Waals surface area contributed by atoms with Crippen molar-refractivity contribution in [1.29, 1.82) is 0 Å². The second-order valence-corrected chi connectivity index (χ2v) is 13.2. The molecule has 0 aliphatic carbocycles. The third kappa shape index (κ3) is 3.14. The van der Waals surface area contributed by atoms with Gasteiger partial charge in [0.1, 0.15) is 0 Å². The van der Waals surface area contributed by atoms with E-state index in [2.05, 4.69) is 159 Å². The molecule has 6 heterocycles. The van der Waals surface area contributed by atoms with Crippen LogP contribution in [-0.4, -0.2) is 20.8 Å². The lowest BCUT2D eigenvalue weighted by atomic mass is 9.36. The van der Waals surface area contributed by atoms with E-state index in [1.165, 1.54) is 65.9 Å². The molecule has 0 saturated carbocycles. The van der Waals surface area contributed by atoms with Gasteiger partial charge < -0.3 is 18.5 Å². The summed E-state index contributed by atoms with van der Waals surface area (Å²) in [5.74, 6) is 0. The molecule has 6 heteroatoms. The van der Waals surface area contributed by atoms with E-state index in [0.29, 0.717) is 0 Å². The lowest BCUT2D eigenvalue weighted by Crippen LogP contribution is -2.59. The maximum Gasteiger partial charge on any atom is 0.297 e. The van der Waals surface area contributed by atoms with E-state index in [9.17, 15) is 0 Å². The monoisotopic (exact) mass is 624 g/mol. The fourth-order valence-electron chi connectivity index (χ4n) is 8.89. The fourth-order valence-corrected chi connectivity index (χ4v) is 8.89. The summed E-state index contributed by atoms with van der Waals surface area (Å²) in [6.45, 7) is -0.0672. The van der Waals surface area contributed by atoms with Crippen molar-refractivity contribution >= 4 is 94.9 Å². The van der Waals surface area contributed by atoms with Crippen molar-refractivity contribution in [2.75, 3.05) is 4.90 Å². The lowest BCUT2D eigenvalue weighted by molar-refractivity contribution is 0.649. The van der Waals surface area contributed by atoms with Crippen molar-refractivity contribution in [1.82, 2.24) is 14.1 Å². The van der Waals surface area contributed by atoms with Gasteiger partial charge in [0.05, 0.1) is 34.1 Å². The molecule has 0 amide bonds. The number of rotatable bonds is 2. The molecule has 0 radical (unpaired) electrons. The number of nitrogens with zero attached hydrogens (tertiary/aromatic N) is 4. The normalized spacial score (nSPS) is 13.2. The van der Waals surface area contributed by atoms with Gasteiger partial charge in [-0.3, -0.25) is 4.98 Å². The highest BCUT2D eigenvalue weighted by Crippen LogP contribution is 2.45. The average Bonchev–Trinajstić information content (AvgIpc) is 3.81. The first-order valence-corrected chi connectivity index (χ1v) is 16.8. The van der Waals surface area contributed by atoms with Crippen LogP contribution in [0.4, 0.5) is 17.1 Å². The molecule has 0 atom stereocenters. The highest BCUT2D eigenvalue weighted by atomic mass is 16.3. The van der Waals surface area contributed by atoms with Gasteiger partial charge in [-0.2, -0.15) is 0 Å². The van der Waals surface area contributed by atoms with Crippen molar-refractivity contribution in [2.24, 2.45) is 0 Å². The standard InChI is InChI=1S/C43H25BN4O/c1-3-11-26(12-4-1)46-34-18-8-7-15-28(34)31-23-38-32(24-37(31)46)29-16-9-17-33-41(29)48(38)36-20-10-19-35-40(36)44(33)43-42(30-21-22-45-25-39(30)49-43)47(35)27-13-5-2-6-14-27/h1-25H. The van der Waals surface area contributed by atoms with Crippen LogP contribution in [0, 0.1) is 0 Å². The Labute approximate surface area is 280 Å². The summed E-state index contributed by atoms with van der Waals surface area (Å²) in [5, 5.41) is 6.06. The molecule has 0 saturated heterocycles. The predicted molar refractivity (Wildman–Crippen MR) is 202 cm³/mol. The first-order chi connectivity index (χ1) is 24.3. The summed E-state index contributed by atoms with van der Waals surface area (Å²) in [7, 11) is 0. The maximum absolute atomic E-state index is 6.86. The Kier molecular flexibility index (Phi) is 4.74. The molecule has 10 aromatic rings. The van der Waals surface area contributed by atoms with E-state index in [4.69, 9.17) is 4.42 Å². The number of hydrogen-bond acceptors (Lipinski definition) is 3. The molecule has 5 nitrogen and oxygen atoms in total. The molecule has 6 aromatic carbocycles. The Balaban J connectivity index is 1.25. The van der Waals surface area contributed by atoms with Crippen LogP contribution in [0.2, 0.25) is 0 Å². The van der Waals surface area contributed by atoms with Gasteiger partial charge in [-0.25, -0.2) is 0 Å². The number of anilines is 3. The predicted octanol–water partition coefficient (Wildman–Crippen LogP) is 8.63. The topological polar surface area (TPSA) is 39.1 Å². The molecule has 0 unspecified atom stereocenters. The van der Waals surface area contributed by atoms with Crippen LogP contribution in [0.25, 0.3) is 66.0 Å². The molecule has 2 aliphatic rings. The Hall–Kier alpha value is -6.53. The Bertz CT molecular complexity index is 3010. The Morgan fingerprint density at radius 1 is 0.531 bits per heavy atom. The molecule has 4 aromatic heterocycles. The van der Waals surface area contributed by atoms with Crippen LogP contribution in [0.5, 0.6) is 0 Å². The Morgan fingerprint density at radius 2 is 1.22 bits per heavy atom. The molecule has 0 N–H and O–H groups in total. The van der Waals surface area contributed by atoms with E-state index in [1.807, 2.05) is 12.4 Å². The molecular formula is C43H25BN4O. The lowest BCUT2D eigenvalue weighted by Gasteiger charge is -2.37. The average molecular weight is 625 g/mol. The van der Waals surface area contributed by atoms with Gasteiger partial charge in [0.15, 0.2) is 5.58 Å². The summed E-state index contributed by atoms with van der Waals surface area (Å²) in [4.78, 5) is 6.83. The second-order valence-electron chi connectivity index (χ2n) is 13.2. The largest absolute Gasteiger partial charge is 0.466 e. The molecule has 226 valence electrons. The summed E-state index contributed by atoms with van der Waals surface area (Å²) < 4.78 is 11.8. The fraction of sp³-hybridized carbons (Fsp3) is 0. The smallest absolute Gasteiger partial charge is 0.297 e. The first kappa shape index (κ1) is 25.6. The van der Waals surface area contributed by atoms with Gasteiger partial charge in [0, 0.05) is 61.4 Å². The van der Waals surface area contributed by atoms with Gasteiger partial charge in [-0.1, -0.05) is 78.9 Å². The number of benzene rings is 6. The number of fused-ring (bicyclic) bond motifs is 12. The van der Waals surface area contributed by atoms with Gasteiger partial charge in [0.25, 0.3) is 6.71 Å². The van der Waals surface area contributed by atoms with E-state index < -0.39 is 0 Å². The minimum absolute atomic E-state index is 0.0672. The Morgan fingerprint density at radius 3 is 2.08 bits per heavy atom. The highest BCUT2D eigenvalue weighted by molar-refractivity contribution is 6.99. The third-order valence-corrected chi connectivity index (χ3v) is 10.8. The quantitative estimate of drug-likeness (QED) is 0.181. The summed E-state index contributed by atoms with van der Waals surface area (Å²) in [6.07, 6.45) is 3.71. The zero-order chi connectivity index (χ0) is 31.8. The van der Waals surface area contributed by atoms with Crippen LogP contribution in [-0.2, 0) is 0 Å². The zero-order valence-corrected chi connectivity index (χ0v) is 26.2. The van der Waals surface area contributed by atoms with Gasteiger partial charge in [0.2, 0.25) is 0 Å². The van der Waals surface area contributed by atoms with Crippen LogP contribution in [0.3, 0.4) is 0 Å². The minimum atomic E-state index is -0.0672. The number of pyridine rings is 1. The van der Waals surface area contributed by atoms with Crippen molar-refractivity contribution in [3.8, 4) is 11.4 Å². The molecule has 2 aliphatic heterocycles. The molecule has 49 heavy (non-hydrogen) atoms. The molecular weight excluding hydrogens is 599 g/mol. The number of hydrogen-bond donors (Lipinski definition) is 0. The van der Waals surface area contributed by atoms with Crippen LogP contribution in [0.1, 0.15) is 0 Å². The van der Waals surface area contributed by atoms with Gasteiger partial charge in [-0.15, -0.1) is 0 Å². The van der Waals surface area contributed by atoms with Crippen molar-refractivity contribution in [3.63, 3.8) is 0 Å². The van der Waals surface area contributed by atoms with Crippen LogP contribution >= 0.6 is 0 Å². The minimum Gasteiger partial charge on any atom is -0.466 e. The number of para-hydroxylation sites is 4. The third-order valence-electron chi connectivity index (χ3n) is 10.8. The number of aromatic nitrogens is 3. The highest BCUT2D eigenvalue weighted by Gasteiger charge is 2.45. The van der Waals surface area contributed by atoms with Crippen molar-refractivity contribution < 1.29 is 4.42 Å². The summed E-state index contributed by atoms with van der Waals surface area (Å²) >= 11 is 0. The van der Waals surface area contributed by atoms with Crippen LogP contribution in [0.15, 0.2) is 156 Å². The van der Waals surface area contributed by atoms with Gasteiger partial charge in [-0.05, 0) is 71.6 Å². The number of furan rings is 1. The SMILES string of the molecule is c1ccc(N2c3cccc4c3B(c3oc5cnccc5c32)c2cccc3c5cc6c(cc5n-4c23)c2ccccc2n6-c2ccccc2)cc1. The van der Waals surface area contributed by atoms with E-state index >= 15 is 0 Å². The van der Waals surface area contributed by atoms with Crippen molar-refractivity contribution in [2.45, 2.75) is 0 Å². The molecule has 0 bridgehead atoms. The first-order valence-electron chi connectivity index (χ1n) is 16.8. The van der Waals surface area contributed by atoms with E-state index in [-0.39, 0.29) is 6.71 Å². The zero-order valence-electron chi connectivity index (χ0n) is 26.2.